The fraction of sp³-hybridized carbons (Fsp3) is 0.240. The maximum Gasteiger partial charge on any atom is 0.416 e. The van der Waals surface area contributed by atoms with Crippen LogP contribution in [0.1, 0.15) is 50.8 Å². The van der Waals surface area contributed by atoms with Crippen molar-refractivity contribution >= 4 is 33.2 Å². The number of fused-ring (bicyclic) bond motifs is 1. The lowest BCUT2D eigenvalue weighted by Crippen LogP contribution is -2.33. The molecule has 2 amide bonds. The molecule has 0 radical (unpaired) electrons. The Hall–Kier alpha value is -3.66. The third kappa shape index (κ3) is 4.79. The average molecular weight is 499 g/mol. The first-order chi connectivity index (χ1) is 16.7. The van der Waals surface area contributed by atoms with Gasteiger partial charge in [0.05, 0.1) is 39.9 Å². The number of thiophene rings is 1. The monoisotopic (exact) mass is 498 g/mol. The molecule has 1 saturated carbocycles. The van der Waals surface area contributed by atoms with E-state index in [0.29, 0.717) is 17.5 Å². The molecule has 0 saturated heterocycles. The van der Waals surface area contributed by atoms with Crippen LogP contribution in [-0.2, 0) is 17.4 Å². The summed E-state index contributed by atoms with van der Waals surface area (Å²) in [6.45, 7) is -0.256. The maximum absolute atomic E-state index is 13.1. The summed E-state index contributed by atoms with van der Waals surface area (Å²) in [5, 5.41) is 7.98. The predicted octanol–water partition coefficient (Wildman–Crippen LogP) is 4.79. The number of hydrogen-bond donors (Lipinski definition) is 2. The van der Waals surface area contributed by atoms with E-state index < -0.39 is 23.6 Å². The molecule has 1 aliphatic rings. The first-order valence-corrected chi connectivity index (χ1v) is 11.8. The van der Waals surface area contributed by atoms with Gasteiger partial charge in [-0.15, -0.1) is 11.3 Å². The second kappa shape index (κ2) is 8.84. The SMILES string of the molecule is NC(=O)CNC(=O)c1cnn(-c2cccc3cc(Cc4cccc(C(F)(F)F)c4)sc23)c1C1CC1. The van der Waals surface area contributed by atoms with Gasteiger partial charge in [0.15, 0.2) is 0 Å². The molecule has 6 nitrogen and oxygen atoms in total. The van der Waals surface area contributed by atoms with Crippen molar-refractivity contribution in [2.75, 3.05) is 6.54 Å². The van der Waals surface area contributed by atoms with Crippen molar-refractivity contribution in [2.24, 2.45) is 5.73 Å². The van der Waals surface area contributed by atoms with Crippen molar-refractivity contribution in [3.05, 3.63) is 82.0 Å². The highest BCUT2D eigenvalue weighted by Crippen LogP contribution is 2.43. The van der Waals surface area contributed by atoms with E-state index in [4.69, 9.17) is 5.73 Å². The molecule has 35 heavy (non-hydrogen) atoms. The number of alkyl halides is 3. The molecule has 2 heterocycles. The Balaban J connectivity index is 1.50. The fourth-order valence-electron chi connectivity index (χ4n) is 4.15. The van der Waals surface area contributed by atoms with Gasteiger partial charge in [-0.3, -0.25) is 9.59 Å². The van der Waals surface area contributed by atoms with Gasteiger partial charge >= 0.3 is 6.18 Å². The van der Waals surface area contributed by atoms with Gasteiger partial charge in [0.25, 0.3) is 5.91 Å². The Morgan fingerprint density at radius 3 is 2.63 bits per heavy atom. The number of benzene rings is 2. The quantitative estimate of drug-likeness (QED) is 0.384. The molecule has 5 rings (SSSR count). The molecule has 1 fully saturated rings. The van der Waals surface area contributed by atoms with Crippen LogP contribution in [0.2, 0.25) is 0 Å². The molecule has 0 unspecified atom stereocenters. The van der Waals surface area contributed by atoms with E-state index >= 15 is 0 Å². The molecule has 0 spiro atoms. The highest BCUT2D eigenvalue weighted by Gasteiger charge is 2.33. The van der Waals surface area contributed by atoms with Crippen molar-refractivity contribution < 1.29 is 22.8 Å². The van der Waals surface area contributed by atoms with Crippen molar-refractivity contribution in [3.63, 3.8) is 0 Å². The minimum Gasteiger partial charge on any atom is -0.368 e. The van der Waals surface area contributed by atoms with Crippen LogP contribution >= 0.6 is 11.3 Å². The third-order valence-electron chi connectivity index (χ3n) is 5.87. The third-order valence-corrected chi connectivity index (χ3v) is 7.05. The van der Waals surface area contributed by atoms with Gasteiger partial charge in [0.2, 0.25) is 5.91 Å². The number of primary amides is 1. The van der Waals surface area contributed by atoms with Gasteiger partial charge in [0, 0.05) is 17.2 Å². The topological polar surface area (TPSA) is 90.0 Å². The lowest BCUT2D eigenvalue weighted by molar-refractivity contribution is -0.137. The van der Waals surface area contributed by atoms with E-state index in [9.17, 15) is 22.8 Å². The number of rotatable bonds is 7. The highest BCUT2D eigenvalue weighted by molar-refractivity contribution is 7.19. The lowest BCUT2D eigenvalue weighted by atomic mass is 10.1. The molecular weight excluding hydrogens is 477 g/mol. The molecule has 4 aromatic rings. The Morgan fingerprint density at radius 1 is 1.14 bits per heavy atom. The molecule has 3 N–H and O–H groups in total. The standard InChI is InChI=1S/C25H21F3N4O2S/c26-25(27,28)17-5-1-3-14(9-17)10-18-11-16-4-2-6-20(23(16)35-18)32-22(15-7-8-15)19(12-31-32)24(34)30-13-21(29)33/h1-6,9,11-12,15H,7-8,10,13H2,(H2,29,33)(H,30,34). The van der Waals surface area contributed by atoms with E-state index in [2.05, 4.69) is 10.4 Å². The number of aromatic nitrogens is 2. The Labute approximate surface area is 202 Å². The van der Waals surface area contributed by atoms with Crippen LogP contribution in [0, 0.1) is 0 Å². The Morgan fingerprint density at radius 2 is 1.91 bits per heavy atom. The lowest BCUT2D eigenvalue weighted by Gasteiger charge is -2.10. The maximum atomic E-state index is 13.1. The molecule has 0 aliphatic heterocycles. The Bertz CT molecular complexity index is 1440. The number of carbonyl (C=O) groups excluding carboxylic acids is 2. The van der Waals surface area contributed by atoms with E-state index in [0.717, 1.165) is 45.3 Å². The average Bonchev–Trinajstić information content (AvgIpc) is 3.41. The number of nitrogens with one attached hydrogen (secondary N) is 1. The number of carbonyl (C=O) groups is 2. The summed E-state index contributed by atoms with van der Waals surface area (Å²) in [4.78, 5) is 24.7. The van der Waals surface area contributed by atoms with E-state index in [1.165, 1.54) is 29.7 Å². The van der Waals surface area contributed by atoms with Crippen molar-refractivity contribution in [1.82, 2.24) is 15.1 Å². The van der Waals surface area contributed by atoms with Crippen LogP contribution in [0.25, 0.3) is 15.8 Å². The molecule has 1 aliphatic carbocycles. The van der Waals surface area contributed by atoms with Crippen LogP contribution in [0.15, 0.2) is 54.7 Å². The predicted molar refractivity (Wildman–Crippen MR) is 127 cm³/mol. The first kappa shape index (κ1) is 23.1. The molecule has 2 aromatic carbocycles. The summed E-state index contributed by atoms with van der Waals surface area (Å²) in [7, 11) is 0. The van der Waals surface area contributed by atoms with Crippen molar-refractivity contribution in [1.29, 1.82) is 0 Å². The minimum atomic E-state index is -4.38. The summed E-state index contributed by atoms with van der Waals surface area (Å²) in [5.74, 6) is -0.845. The zero-order valence-electron chi connectivity index (χ0n) is 18.4. The molecule has 180 valence electrons. The van der Waals surface area contributed by atoms with Crippen LogP contribution in [0.3, 0.4) is 0 Å². The van der Waals surface area contributed by atoms with E-state index in [1.54, 1.807) is 10.7 Å². The molecule has 0 atom stereocenters. The smallest absolute Gasteiger partial charge is 0.368 e. The normalized spacial score (nSPS) is 13.8. The summed E-state index contributed by atoms with van der Waals surface area (Å²) >= 11 is 1.50. The Kier molecular flexibility index (Phi) is 5.84. The van der Waals surface area contributed by atoms with E-state index in [-0.39, 0.29) is 12.5 Å². The largest absolute Gasteiger partial charge is 0.416 e. The van der Waals surface area contributed by atoms with Gasteiger partial charge in [-0.2, -0.15) is 18.3 Å². The van der Waals surface area contributed by atoms with Crippen LogP contribution in [-0.4, -0.2) is 28.1 Å². The van der Waals surface area contributed by atoms with Crippen molar-refractivity contribution in [3.8, 4) is 5.69 Å². The van der Waals surface area contributed by atoms with Crippen molar-refractivity contribution in [2.45, 2.75) is 31.4 Å². The summed E-state index contributed by atoms with van der Waals surface area (Å²) in [6, 6.07) is 13.1. The second-order valence-electron chi connectivity index (χ2n) is 8.56. The van der Waals surface area contributed by atoms with Gasteiger partial charge < -0.3 is 11.1 Å². The first-order valence-electron chi connectivity index (χ1n) is 11.0. The highest BCUT2D eigenvalue weighted by atomic mass is 32.1. The zero-order valence-corrected chi connectivity index (χ0v) is 19.2. The number of nitrogens with zero attached hydrogens (tertiary/aromatic N) is 2. The molecular formula is C25H21F3N4O2S. The molecule has 10 heteroatoms. The minimum absolute atomic E-state index is 0.187. The number of hydrogen-bond acceptors (Lipinski definition) is 4. The fourth-order valence-corrected chi connectivity index (χ4v) is 5.34. The second-order valence-corrected chi connectivity index (χ2v) is 9.70. The molecule has 2 aromatic heterocycles. The molecule has 0 bridgehead atoms. The van der Waals surface area contributed by atoms with Gasteiger partial charge in [0.1, 0.15) is 0 Å². The van der Waals surface area contributed by atoms with Crippen LogP contribution in [0.4, 0.5) is 13.2 Å². The van der Waals surface area contributed by atoms with Crippen LogP contribution < -0.4 is 11.1 Å². The summed E-state index contributed by atoms with van der Waals surface area (Å²) in [6.07, 6.45) is -0.645. The van der Waals surface area contributed by atoms with Crippen LogP contribution in [0.5, 0.6) is 0 Å². The zero-order chi connectivity index (χ0) is 24.7. The number of nitrogens with two attached hydrogens (primary N) is 1. The van der Waals surface area contributed by atoms with Gasteiger partial charge in [-0.1, -0.05) is 30.3 Å². The van der Waals surface area contributed by atoms with Gasteiger partial charge in [-0.25, -0.2) is 4.68 Å². The van der Waals surface area contributed by atoms with Gasteiger partial charge in [-0.05, 0) is 42.0 Å². The summed E-state index contributed by atoms with van der Waals surface area (Å²) in [5.41, 5.74) is 7.06. The number of halogens is 3. The summed E-state index contributed by atoms with van der Waals surface area (Å²) < 4.78 is 42.0. The number of amides is 2. The van der Waals surface area contributed by atoms with E-state index in [1.807, 2.05) is 24.3 Å².